The van der Waals surface area contributed by atoms with Crippen molar-refractivity contribution >= 4 is 17.6 Å². The molecule has 0 heterocycles. The van der Waals surface area contributed by atoms with Crippen molar-refractivity contribution in [2.24, 2.45) is 39.7 Å². The van der Waals surface area contributed by atoms with Gasteiger partial charge in [0.1, 0.15) is 0 Å². The number of fused-ring (bicyclic) bond motifs is 5. The fraction of sp³-hybridized carbons (Fsp3) is 0.828. The van der Waals surface area contributed by atoms with Crippen molar-refractivity contribution in [1.82, 2.24) is 10.2 Å². The minimum atomic E-state index is -0.355. The number of carbonyl (C=O) groups is 2. The average molecular weight is 486 g/mol. The van der Waals surface area contributed by atoms with Crippen molar-refractivity contribution in [3.8, 4) is 0 Å². The Morgan fingerprint density at radius 1 is 1.17 bits per heavy atom. The summed E-state index contributed by atoms with van der Waals surface area (Å²) in [6, 6.07) is 0.0713. The molecule has 4 aliphatic carbocycles. The molecule has 0 aromatic carbocycles. The molecule has 6 heteroatoms. The number of oxime groups is 1. The van der Waals surface area contributed by atoms with E-state index < -0.39 is 0 Å². The SMILES string of the molecule is CCNCCN(C(=O)O/N=C(\C)[C@H]1CC[C@H]2[C@@H]3CCC4=CC(=O)CC[C@]4(C)[C@H]3CC[C@]12C)C(C)C. The minimum absolute atomic E-state index is 0.0713. The highest BCUT2D eigenvalue weighted by Gasteiger charge is 2.59. The summed E-state index contributed by atoms with van der Waals surface area (Å²) in [5.41, 5.74) is 2.83. The Kier molecular flexibility index (Phi) is 7.80. The van der Waals surface area contributed by atoms with E-state index in [9.17, 15) is 9.59 Å². The van der Waals surface area contributed by atoms with Crippen LogP contribution in [0.4, 0.5) is 4.79 Å². The molecule has 1 N–H and O–H groups in total. The molecular weight excluding hydrogens is 438 g/mol. The average Bonchev–Trinajstić information content (AvgIpc) is 3.17. The predicted molar refractivity (Wildman–Crippen MR) is 140 cm³/mol. The van der Waals surface area contributed by atoms with Crippen molar-refractivity contribution in [3.63, 3.8) is 0 Å². The van der Waals surface area contributed by atoms with Crippen LogP contribution < -0.4 is 5.32 Å². The molecule has 3 fully saturated rings. The second-order valence-electron chi connectivity index (χ2n) is 12.4. The molecule has 4 rings (SSSR count). The Morgan fingerprint density at radius 3 is 2.66 bits per heavy atom. The summed E-state index contributed by atoms with van der Waals surface area (Å²) in [6.07, 6.45) is 10.5. The zero-order chi connectivity index (χ0) is 25.4. The first-order valence-electron chi connectivity index (χ1n) is 14.1. The van der Waals surface area contributed by atoms with Gasteiger partial charge in [-0.05, 0) is 107 Å². The maximum absolute atomic E-state index is 12.8. The van der Waals surface area contributed by atoms with E-state index >= 15 is 0 Å². The number of allylic oxidation sites excluding steroid dienone is 1. The smallest absolute Gasteiger partial charge is 0.315 e. The van der Waals surface area contributed by atoms with E-state index in [1.54, 1.807) is 4.90 Å². The van der Waals surface area contributed by atoms with Gasteiger partial charge < -0.3 is 10.2 Å². The topological polar surface area (TPSA) is 71.0 Å². The predicted octanol–water partition coefficient (Wildman–Crippen LogP) is 5.97. The lowest BCUT2D eigenvalue weighted by molar-refractivity contribution is -0.117. The highest BCUT2D eigenvalue weighted by atomic mass is 16.7. The molecular formula is C29H47N3O3. The van der Waals surface area contributed by atoms with Crippen LogP contribution in [0.3, 0.4) is 0 Å². The number of nitrogens with one attached hydrogen (secondary N) is 1. The summed E-state index contributed by atoms with van der Waals surface area (Å²) < 4.78 is 0. The molecule has 0 unspecified atom stereocenters. The molecule has 35 heavy (non-hydrogen) atoms. The van der Waals surface area contributed by atoms with Crippen molar-refractivity contribution in [2.75, 3.05) is 19.6 Å². The van der Waals surface area contributed by atoms with E-state index in [4.69, 9.17) is 4.84 Å². The minimum Gasteiger partial charge on any atom is -0.315 e. The van der Waals surface area contributed by atoms with E-state index in [1.165, 1.54) is 31.3 Å². The van der Waals surface area contributed by atoms with Crippen LogP contribution in [0, 0.1) is 34.5 Å². The van der Waals surface area contributed by atoms with Crippen LogP contribution in [-0.2, 0) is 9.63 Å². The number of ketones is 1. The van der Waals surface area contributed by atoms with Gasteiger partial charge in [0.2, 0.25) is 0 Å². The summed E-state index contributed by atoms with van der Waals surface area (Å²) in [7, 11) is 0. The van der Waals surface area contributed by atoms with Crippen molar-refractivity contribution in [3.05, 3.63) is 11.6 Å². The summed E-state index contributed by atoms with van der Waals surface area (Å²) >= 11 is 0. The molecule has 0 bridgehead atoms. The van der Waals surface area contributed by atoms with Gasteiger partial charge in [-0.25, -0.2) is 4.79 Å². The standard InChI is InChI=1S/C29H47N3O3/c1-7-30-16-17-32(19(2)3)27(34)35-31-20(4)24-10-11-25-23-9-8-21-18-22(33)12-14-28(21,5)26(23)13-15-29(24,25)6/h18-19,23-26,30H,7-17H2,1-6H3/b31-20+/t23-,24+,25-,26-,28-,29+/m0/s1. The van der Waals surface area contributed by atoms with Gasteiger partial charge in [0, 0.05) is 31.5 Å². The Morgan fingerprint density at radius 2 is 1.94 bits per heavy atom. The number of nitrogens with zero attached hydrogens (tertiary/aromatic N) is 2. The van der Waals surface area contributed by atoms with Gasteiger partial charge in [0.05, 0.1) is 5.71 Å². The number of likely N-dealkylation sites (N-methyl/N-ethyl adjacent to an activating group) is 1. The van der Waals surface area contributed by atoms with Gasteiger partial charge in [-0.3, -0.25) is 9.63 Å². The molecule has 0 aromatic rings. The first kappa shape index (κ1) is 26.4. The Hall–Kier alpha value is -1.69. The fourth-order valence-electron chi connectivity index (χ4n) is 8.41. The summed E-state index contributed by atoms with van der Waals surface area (Å²) in [5, 5.41) is 7.70. The lowest BCUT2D eigenvalue weighted by Gasteiger charge is -2.58. The van der Waals surface area contributed by atoms with E-state index in [0.717, 1.165) is 44.0 Å². The third kappa shape index (κ3) is 4.84. The lowest BCUT2D eigenvalue weighted by Crippen LogP contribution is -2.51. The number of amides is 1. The van der Waals surface area contributed by atoms with E-state index in [1.807, 2.05) is 19.9 Å². The first-order valence-corrected chi connectivity index (χ1v) is 14.1. The summed E-state index contributed by atoms with van der Waals surface area (Å²) in [5.74, 6) is 2.81. The fourth-order valence-corrected chi connectivity index (χ4v) is 8.41. The molecule has 0 spiro atoms. The van der Waals surface area contributed by atoms with Crippen LogP contribution >= 0.6 is 0 Å². The van der Waals surface area contributed by atoms with E-state index in [-0.39, 0.29) is 23.0 Å². The molecule has 0 aromatic heterocycles. The van der Waals surface area contributed by atoms with Crippen molar-refractivity contribution < 1.29 is 14.4 Å². The highest BCUT2D eigenvalue weighted by molar-refractivity contribution is 5.91. The number of hydrogen-bond acceptors (Lipinski definition) is 5. The molecule has 1 amide bonds. The quantitative estimate of drug-likeness (QED) is 0.209. The molecule has 0 saturated heterocycles. The van der Waals surface area contributed by atoms with Gasteiger partial charge in [0.15, 0.2) is 5.78 Å². The van der Waals surface area contributed by atoms with Crippen LogP contribution in [0.5, 0.6) is 0 Å². The molecule has 6 atom stereocenters. The Balaban J connectivity index is 1.45. The molecule has 196 valence electrons. The number of rotatable bonds is 7. The van der Waals surface area contributed by atoms with E-state index in [0.29, 0.717) is 36.5 Å². The van der Waals surface area contributed by atoms with Gasteiger partial charge in [0.25, 0.3) is 0 Å². The summed E-state index contributed by atoms with van der Waals surface area (Å²) in [4.78, 5) is 32.1. The third-order valence-corrected chi connectivity index (χ3v) is 10.4. The Labute approximate surface area is 212 Å². The maximum atomic E-state index is 12.8. The molecule has 4 aliphatic rings. The molecule has 6 nitrogen and oxygen atoms in total. The van der Waals surface area contributed by atoms with Gasteiger partial charge >= 0.3 is 6.09 Å². The first-order chi connectivity index (χ1) is 16.6. The monoisotopic (exact) mass is 485 g/mol. The van der Waals surface area contributed by atoms with Gasteiger partial charge in [-0.2, -0.15) is 0 Å². The second kappa shape index (κ2) is 10.4. The van der Waals surface area contributed by atoms with Gasteiger partial charge in [-0.15, -0.1) is 0 Å². The maximum Gasteiger partial charge on any atom is 0.436 e. The number of hydrogen-bond donors (Lipinski definition) is 1. The molecule has 0 radical (unpaired) electrons. The van der Waals surface area contributed by atoms with Gasteiger partial charge in [-0.1, -0.05) is 31.5 Å². The van der Waals surface area contributed by atoms with Crippen molar-refractivity contribution in [2.45, 2.75) is 99.0 Å². The largest absolute Gasteiger partial charge is 0.436 e. The normalized spacial score (nSPS) is 36.8. The Bertz CT molecular complexity index is 880. The lowest BCUT2D eigenvalue weighted by atomic mass is 9.46. The highest BCUT2D eigenvalue weighted by Crippen LogP contribution is 2.66. The third-order valence-electron chi connectivity index (χ3n) is 10.4. The number of carbonyl (C=O) groups excluding carboxylic acids is 2. The summed E-state index contributed by atoms with van der Waals surface area (Å²) in [6.45, 7) is 15.3. The zero-order valence-corrected chi connectivity index (χ0v) is 22.9. The van der Waals surface area contributed by atoms with Crippen LogP contribution in [-0.4, -0.2) is 48.2 Å². The molecule has 3 saturated carbocycles. The second-order valence-corrected chi connectivity index (χ2v) is 12.4. The zero-order valence-electron chi connectivity index (χ0n) is 22.9. The van der Waals surface area contributed by atoms with Crippen LogP contribution in [0.1, 0.15) is 92.9 Å². The van der Waals surface area contributed by atoms with Crippen molar-refractivity contribution in [1.29, 1.82) is 0 Å². The van der Waals surface area contributed by atoms with Crippen LogP contribution in [0.2, 0.25) is 0 Å². The van der Waals surface area contributed by atoms with Crippen LogP contribution in [0.15, 0.2) is 16.8 Å². The molecule has 0 aliphatic heterocycles. The van der Waals surface area contributed by atoms with Crippen LogP contribution in [0.25, 0.3) is 0 Å². The van der Waals surface area contributed by atoms with E-state index in [2.05, 4.69) is 38.2 Å².